The second-order valence-electron chi connectivity index (χ2n) is 3.58. The van der Waals surface area contributed by atoms with Crippen molar-refractivity contribution in [2.45, 2.75) is 19.3 Å². The molecule has 0 spiro atoms. The third-order valence-electron chi connectivity index (χ3n) is 2.55. The molecule has 2 N–H and O–H groups in total. The van der Waals surface area contributed by atoms with Crippen LogP contribution in [-0.4, -0.2) is 25.3 Å². The van der Waals surface area contributed by atoms with Crippen LogP contribution in [0.3, 0.4) is 0 Å². The van der Waals surface area contributed by atoms with E-state index < -0.39 is 7.26 Å². The summed E-state index contributed by atoms with van der Waals surface area (Å²) in [5.74, 6) is 0. The predicted octanol–water partition coefficient (Wildman–Crippen LogP) is 1.47. The minimum absolute atomic E-state index is 0.833. The van der Waals surface area contributed by atoms with E-state index in [0.29, 0.717) is 0 Å². The van der Waals surface area contributed by atoms with Crippen LogP contribution >= 0.6 is 7.26 Å². The van der Waals surface area contributed by atoms with Crippen molar-refractivity contribution in [2.75, 3.05) is 25.3 Å². The molecule has 56 valence electrons. The first-order valence-electron chi connectivity index (χ1n) is 3.97. The average molecular weight is 147 g/mol. The molecule has 1 aliphatic rings. The van der Waals surface area contributed by atoms with E-state index >= 15 is 0 Å². The molecule has 1 aliphatic heterocycles. The molecule has 0 aromatic carbocycles. The molecule has 9 heavy (non-hydrogen) atoms. The summed E-state index contributed by atoms with van der Waals surface area (Å²) in [6, 6.07) is 0. The Hall–Kier alpha value is 0.390. The van der Waals surface area contributed by atoms with Gasteiger partial charge in [-0.05, 0) is 0 Å². The Morgan fingerprint density at radius 3 is 2.11 bits per heavy atom. The van der Waals surface area contributed by atoms with Gasteiger partial charge in [0.05, 0.1) is 0 Å². The van der Waals surface area contributed by atoms with Gasteiger partial charge in [0, 0.05) is 0 Å². The summed E-state index contributed by atoms with van der Waals surface area (Å²) in [6.07, 6.45) is 8.38. The van der Waals surface area contributed by atoms with Gasteiger partial charge in [0.15, 0.2) is 0 Å². The maximum atomic E-state index is 5.70. The first kappa shape index (κ1) is 7.50. The molecular formula is C7H18NP. The van der Waals surface area contributed by atoms with Crippen LogP contribution in [0.2, 0.25) is 0 Å². The van der Waals surface area contributed by atoms with E-state index in [1.54, 1.807) is 0 Å². The molecule has 1 heterocycles. The summed E-state index contributed by atoms with van der Waals surface area (Å²) in [5, 5.41) is 0. The molecule has 0 saturated carbocycles. The molecule has 0 bridgehead atoms. The zero-order valence-corrected chi connectivity index (χ0v) is 7.32. The van der Waals surface area contributed by atoms with Crippen LogP contribution in [0.4, 0.5) is 0 Å². The Balaban J connectivity index is 2.37. The van der Waals surface area contributed by atoms with Crippen molar-refractivity contribution in [1.82, 2.24) is 0 Å². The average Bonchev–Trinajstić information content (AvgIpc) is 1.90. The SMILES string of the molecule is C[PH]1(CN)CCCCC1. The zero-order valence-electron chi connectivity index (χ0n) is 6.32. The monoisotopic (exact) mass is 147 g/mol. The summed E-state index contributed by atoms with van der Waals surface area (Å²) in [7, 11) is -0.833. The van der Waals surface area contributed by atoms with Gasteiger partial charge < -0.3 is 0 Å². The molecule has 1 nitrogen and oxygen atoms in total. The summed E-state index contributed by atoms with van der Waals surface area (Å²) >= 11 is 0. The molecule has 1 rings (SSSR count). The standard InChI is InChI=1S/C7H18NP/c1-9(7-8)5-3-2-4-6-9/h9H,2-8H2,1H3. The molecule has 1 fully saturated rings. The molecule has 0 unspecified atom stereocenters. The van der Waals surface area contributed by atoms with Gasteiger partial charge in [-0.15, -0.1) is 0 Å². The third kappa shape index (κ3) is 1.91. The maximum absolute atomic E-state index is 5.70. The van der Waals surface area contributed by atoms with E-state index in [0.717, 1.165) is 6.29 Å². The van der Waals surface area contributed by atoms with Crippen molar-refractivity contribution in [3.8, 4) is 0 Å². The first-order chi connectivity index (χ1) is 4.27. The molecule has 0 aromatic heterocycles. The Labute approximate surface area is 58.3 Å². The van der Waals surface area contributed by atoms with Crippen molar-refractivity contribution in [1.29, 1.82) is 0 Å². The normalized spacial score (nSPS) is 29.6. The van der Waals surface area contributed by atoms with Crippen LogP contribution in [0.15, 0.2) is 0 Å². The fraction of sp³-hybridized carbons (Fsp3) is 1.00. The van der Waals surface area contributed by atoms with E-state index in [4.69, 9.17) is 5.73 Å². The van der Waals surface area contributed by atoms with Crippen molar-refractivity contribution in [3.63, 3.8) is 0 Å². The van der Waals surface area contributed by atoms with Gasteiger partial charge in [-0.1, -0.05) is 0 Å². The Bertz CT molecular complexity index is 86.9. The van der Waals surface area contributed by atoms with Gasteiger partial charge in [-0.3, -0.25) is 0 Å². The summed E-state index contributed by atoms with van der Waals surface area (Å²) in [6.45, 7) is 2.45. The zero-order chi connectivity index (χ0) is 6.74. The number of hydrogen-bond donors (Lipinski definition) is 1. The first-order valence-corrected chi connectivity index (χ1v) is 7.09. The second-order valence-corrected chi connectivity index (χ2v) is 8.61. The molecule has 1 saturated heterocycles. The van der Waals surface area contributed by atoms with Gasteiger partial charge in [0.1, 0.15) is 0 Å². The Morgan fingerprint density at radius 1 is 1.22 bits per heavy atom. The van der Waals surface area contributed by atoms with E-state index in [1.807, 2.05) is 0 Å². The van der Waals surface area contributed by atoms with E-state index in [9.17, 15) is 0 Å². The van der Waals surface area contributed by atoms with Crippen LogP contribution in [0.1, 0.15) is 19.3 Å². The van der Waals surface area contributed by atoms with Crippen LogP contribution in [0.25, 0.3) is 0 Å². The van der Waals surface area contributed by atoms with Crippen LogP contribution in [0, 0.1) is 0 Å². The molecule has 0 amide bonds. The number of hydrogen-bond acceptors (Lipinski definition) is 1. The van der Waals surface area contributed by atoms with Crippen LogP contribution < -0.4 is 5.73 Å². The summed E-state index contributed by atoms with van der Waals surface area (Å²) < 4.78 is 0. The molecule has 0 aliphatic carbocycles. The van der Waals surface area contributed by atoms with Gasteiger partial charge in [0.2, 0.25) is 0 Å². The number of rotatable bonds is 1. The Kier molecular flexibility index (Phi) is 2.49. The second kappa shape index (κ2) is 2.98. The molecule has 0 aromatic rings. The topological polar surface area (TPSA) is 26.0 Å². The fourth-order valence-corrected chi connectivity index (χ4v) is 4.47. The van der Waals surface area contributed by atoms with E-state index in [1.165, 1.54) is 31.6 Å². The molecular weight excluding hydrogens is 129 g/mol. The van der Waals surface area contributed by atoms with Crippen molar-refractivity contribution in [3.05, 3.63) is 0 Å². The quantitative estimate of drug-likeness (QED) is 0.558. The van der Waals surface area contributed by atoms with Gasteiger partial charge in [-0.2, -0.15) is 0 Å². The van der Waals surface area contributed by atoms with Gasteiger partial charge in [0.25, 0.3) is 0 Å². The van der Waals surface area contributed by atoms with Crippen LogP contribution in [-0.2, 0) is 0 Å². The summed E-state index contributed by atoms with van der Waals surface area (Å²) in [5.41, 5.74) is 5.70. The van der Waals surface area contributed by atoms with Crippen molar-refractivity contribution in [2.24, 2.45) is 5.73 Å². The van der Waals surface area contributed by atoms with E-state index in [-0.39, 0.29) is 0 Å². The van der Waals surface area contributed by atoms with Crippen molar-refractivity contribution < 1.29 is 0 Å². The van der Waals surface area contributed by atoms with Gasteiger partial charge >= 0.3 is 57.5 Å². The molecule has 0 atom stereocenters. The molecule has 2 heteroatoms. The van der Waals surface area contributed by atoms with E-state index in [2.05, 4.69) is 6.66 Å². The third-order valence-corrected chi connectivity index (χ3v) is 6.66. The van der Waals surface area contributed by atoms with Crippen molar-refractivity contribution >= 4 is 7.26 Å². The molecule has 0 radical (unpaired) electrons. The van der Waals surface area contributed by atoms with Crippen LogP contribution in [0.5, 0.6) is 0 Å². The summed E-state index contributed by atoms with van der Waals surface area (Å²) in [4.78, 5) is 0. The predicted molar refractivity (Wildman–Crippen MR) is 46.9 cm³/mol. The number of nitrogens with two attached hydrogens (primary N) is 1. The van der Waals surface area contributed by atoms with Gasteiger partial charge in [-0.25, -0.2) is 0 Å². The Morgan fingerprint density at radius 2 is 1.78 bits per heavy atom. The minimum atomic E-state index is -0.833. The fourth-order valence-electron chi connectivity index (χ4n) is 1.61.